The van der Waals surface area contributed by atoms with Crippen molar-refractivity contribution in [3.63, 3.8) is 0 Å². The zero-order valence-electron chi connectivity index (χ0n) is 19.0. The van der Waals surface area contributed by atoms with Crippen LogP contribution in [0, 0.1) is 6.92 Å². The minimum Gasteiger partial charge on any atom is -0.497 e. The fourth-order valence-corrected chi connectivity index (χ4v) is 5.91. The summed E-state index contributed by atoms with van der Waals surface area (Å²) in [5.41, 5.74) is 2.88. The highest BCUT2D eigenvalue weighted by molar-refractivity contribution is 7.91. The van der Waals surface area contributed by atoms with Gasteiger partial charge in [-0.2, -0.15) is 0 Å². The van der Waals surface area contributed by atoms with E-state index >= 15 is 0 Å². The van der Waals surface area contributed by atoms with E-state index in [9.17, 15) is 13.2 Å². The molecule has 0 aliphatic heterocycles. The molecule has 0 fully saturated rings. The summed E-state index contributed by atoms with van der Waals surface area (Å²) in [4.78, 5) is 23.8. The molecule has 0 spiro atoms. The number of aromatic nitrogens is 2. The molecule has 0 unspecified atom stereocenters. The molecule has 0 saturated carbocycles. The second-order valence-corrected chi connectivity index (χ2v) is 11.0. The van der Waals surface area contributed by atoms with Crippen molar-refractivity contribution >= 4 is 42.4 Å². The number of anilines is 1. The number of carbonyl (C=O) groups excluding carboxylic acids is 1. The van der Waals surface area contributed by atoms with E-state index in [-0.39, 0.29) is 29.4 Å². The molecule has 2 aromatic carbocycles. The molecule has 2 heterocycles. The summed E-state index contributed by atoms with van der Waals surface area (Å²) in [5.74, 6) is 0.303. The van der Waals surface area contributed by atoms with E-state index < -0.39 is 9.84 Å². The SMILES string of the molecule is COc1ccc(S(=O)(=O)CCCC(=O)N(Cc2ccncc2)c2nc3ccc(C)cc3s2)cc1. The third kappa shape index (κ3) is 5.60. The van der Waals surface area contributed by atoms with E-state index in [4.69, 9.17) is 4.74 Å². The van der Waals surface area contributed by atoms with Crippen molar-refractivity contribution in [1.29, 1.82) is 0 Å². The summed E-state index contributed by atoms with van der Waals surface area (Å²) in [6.07, 6.45) is 3.67. The molecule has 0 atom stereocenters. The average Bonchev–Trinajstić information content (AvgIpc) is 3.25. The number of rotatable bonds is 9. The molecule has 4 aromatic rings. The second-order valence-electron chi connectivity index (χ2n) is 7.90. The van der Waals surface area contributed by atoms with E-state index in [0.29, 0.717) is 17.4 Å². The molecular formula is C25H25N3O4S2. The lowest BCUT2D eigenvalue weighted by Gasteiger charge is -2.20. The molecule has 176 valence electrons. The number of nitrogens with zero attached hydrogens (tertiary/aromatic N) is 3. The molecule has 4 rings (SSSR count). The van der Waals surface area contributed by atoms with Crippen LogP contribution in [0.5, 0.6) is 5.75 Å². The van der Waals surface area contributed by atoms with Gasteiger partial charge in [-0.15, -0.1) is 0 Å². The van der Waals surface area contributed by atoms with Gasteiger partial charge in [-0.3, -0.25) is 14.7 Å². The van der Waals surface area contributed by atoms with Gasteiger partial charge in [0.05, 0.1) is 34.5 Å². The minimum atomic E-state index is -3.50. The van der Waals surface area contributed by atoms with Gasteiger partial charge in [0.25, 0.3) is 0 Å². The second kappa shape index (κ2) is 10.3. The van der Waals surface area contributed by atoms with Crippen LogP contribution in [-0.2, 0) is 21.2 Å². The van der Waals surface area contributed by atoms with Crippen molar-refractivity contribution in [2.24, 2.45) is 0 Å². The van der Waals surface area contributed by atoms with Gasteiger partial charge in [0, 0.05) is 18.8 Å². The van der Waals surface area contributed by atoms with Gasteiger partial charge < -0.3 is 4.74 Å². The summed E-state index contributed by atoms with van der Waals surface area (Å²) in [6.45, 7) is 2.35. The summed E-state index contributed by atoms with van der Waals surface area (Å²) < 4.78 is 31.5. The van der Waals surface area contributed by atoms with Crippen LogP contribution in [0.1, 0.15) is 24.0 Å². The fraction of sp³-hybridized carbons (Fsp3) is 0.240. The van der Waals surface area contributed by atoms with Crippen LogP contribution in [0.3, 0.4) is 0 Å². The molecular weight excluding hydrogens is 470 g/mol. The van der Waals surface area contributed by atoms with Gasteiger partial charge in [0.1, 0.15) is 5.75 Å². The van der Waals surface area contributed by atoms with Gasteiger partial charge in [-0.05, 0) is 73.0 Å². The molecule has 9 heteroatoms. The predicted molar refractivity (Wildman–Crippen MR) is 134 cm³/mol. The van der Waals surface area contributed by atoms with Crippen LogP contribution >= 0.6 is 11.3 Å². The van der Waals surface area contributed by atoms with Gasteiger partial charge in [0.2, 0.25) is 5.91 Å². The Kier molecular flexibility index (Phi) is 7.23. The Labute approximate surface area is 203 Å². The minimum absolute atomic E-state index is 0.0927. The number of ether oxygens (including phenoxy) is 1. The third-order valence-corrected chi connectivity index (χ3v) is 8.23. The maximum absolute atomic E-state index is 13.3. The highest BCUT2D eigenvalue weighted by Gasteiger charge is 2.22. The number of aryl methyl sites for hydroxylation is 1. The number of amides is 1. The Morgan fingerprint density at radius 1 is 1.06 bits per heavy atom. The number of benzene rings is 2. The zero-order valence-corrected chi connectivity index (χ0v) is 20.6. The highest BCUT2D eigenvalue weighted by atomic mass is 32.2. The van der Waals surface area contributed by atoms with Gasteiger partial charge in [-0.1, -0.05) is 17.4 Å². The van der Waals surface area contributed by atoms with Crippen LogP contribution in [0.2, 0.25) is 0 Å². The first-order chi connectivity index (χ1) is 16.4. The monoisotopic (exact) mass is 495 g/mol. The van der Waals surface area contributed by atoms with Crippen LogP contribution in [0.4, 0.5) is 5.13 Å². The first kappa shape index (κ1) is 23.8. The summed E-state index contributed by atoms with van der Waals surface area (Å²) in [6, 6.07) is 16.0. The van der Waals surface area contributed by atoms with Crippen molar-refractivity contribution in [3.8, 4) is 5.75 Å². The standard InChI is InChI=1S/C25H25N3O4S2/c1-18-5-10-22-23(16-18)33-25(27-22)28(17-19-11-13-26-14-12-19)24(29)4-3-15-34(30,31)21-8-6-20(32-2)7-9-21/h5-14,16H,3-4,15,17H2,1-2H3. The quantitative estimate of drug-likeness (QED) is 0.332. The number of thiazole rings is 1. The van der Waals surface area contributed by atoms with Crippen molar-refractivity contribution in [3.05, 3.63) is 78.1 Å². The molecule has 0 N–H and O–H groups in total. The number of hydrogen-bond acceptors (Lipinski definition) is 7. The number of carbonyl (C=O) groups is 1. The molecule has 34 heavy (non-hydrogen) atoms. The summed E-state index contributed by atoms with van der Waals surface area (Å²) in [7, 11) is -1.98. The largest absolute Gasteiger partial charge is 0.497 e. The highest BCUT2D eigenvalue weighted by Crippen LogP contribution is 2.31. The summed E-state index contributed by atoms with van der Waals surface area (Å²) in [5, 5.41) is 0.598. The smallest absolute Gasteiger partial charge is 0.229 e. The number of fused-ring (bicyclic) bond motifs is 1. The third-order valence-electron chi connectivity index (χ3n) is 5.38. The molecule has 2 aromatic heterocycles. The van der Waals surface area contributed by atoms with E-state index in [1.807, 2.05) is 37.3 Å². The first-order valence-electron chi connectivity index (χ1n) is 10.8. The lowest BCUT2D eigenvalue weighted by molar-refractivity contribution is -0.118. The van der Waals surface area contributed by atoms with Crippen molar-refractivity contribution in [1.82, 2.24) is 9.97 Å². The lowest BCUT2D eigenvalue weighted by atomic mass is 10.2. The maximum Gasteiger partial charge on any atom is 0.229 e. The Bertz CT molecular complexity index is 1380. The molecule has 7 nitrogen and oxygen atoms in total. The Balaban J connectivity index is 1.50. The normalized spacial score (nSPS) is 11.5. The van der Waals surface area contributed by atoms with Crippen molar-refractivity contribution < 1.29 is 17.9 Å². The number of pyridine rings is 1. The van der Waals surface area contributed by atoms with Crippen LogP contribution in [0.25, 0.3) is 10.2 Å². The van der Waals surface area contributed by atoms with Crippen molar-refractivity contribution in [2.75, 3.05) is 17.8 Å². The van der Waals surface area contributed by atoms with Gasteiger partial charge in [0.15, 0.2) is 15.0 Å². The van der Waals surface area contributed by atoms with E-state index in [1.165, 1.54) is 30.6 Å². The number of sulfone groups is 1. The number of hydrogen-bond donors (Lipinski definition) is 0. The fourth-order valence-electron chi connectivity index (χ4n) is 3.52. The van der Waals surface area contributed by atoms with Crippen molar-refractivity contribution in [2.45, 2.75) is 31.2 Å². The summed E-state index contributed by atoms with van der Waals surface area (Å²) >= 11 is 1.45. The molecule has 0 bridgehead atoms. The Morgan fingerprint density at radius 2 is 1.79 bits per heavy atom. The van der Waals surface area contributed by atoms with Gasteiger partial charge in [-0.25, -0.2) is 13.4 Å². The number of methoxy groups -OCH3 is 1. The molecule has 0 aliphatic carbocycles. The average molecular weight is 496 g/mol. The Hall–Kier alpha value is -3.30. The van der Waals surface area contributed by atoms with E-state index in [2.05, 4.69) is 9.97 Å². The Morgan fingerprint density at radius 3 is 2.50 bits per heavy atom. The maximum atomic E-state index is 13.3. The van der Waals surface area contributed by atoms with Gasteiger partial charge >= 0.3 is 0 Å². The molecule has 0 radical (unpaired) electrons. The topological polar surface area (TPSA) is 89.5 Å². The van der Waals surface area contributed by atoms with Crippen LogP contribution < -0.4 is 9.64 Å². The lowest BCUT2D eigenvalue weighted by Crippen LogP contribution is -2.30. The van der Waals surface area contributed by atoms with E-state index in [0.717, 1.165) is 21.3 Å². The molecule has 1 amide bonds. The van der Waals surface area contributed by atoms with E-state index in [1.54, 1.807) is 29.4 Å². The van der Waals surface area contributed by atoms with Crippen LogP contribution in [0.15, 0.2) is 71.9 Å². The first-order valence-corrected chi connectivity index (χ1v) is 13.3. The molecule has 0 aliphatic rings. The molecule has 0 saturated heterocycles. The zero-order chi connectivity index (χ0) is 24.1. The van der Waals surface area contributed by atoms with Crippen LogP contribution in [-0.4, -0.2) is 37.2 Å². The predicted octanol–water partition coefficient (Wildman–Crippen LogP) is 4.80.